The predicted molar refractivity (Wildman–Crippen MR) is 74.7 cm³/mol. The Bertz CT molecular complexity index is 575. The molecule has 17 heavy (non-hydrogen) atoms. The summed E-state index contributed by atoms with van der Waals surface area (Å²) in [4.78, 5) is 7.66. The summed E-state index contributed by atoms with van der Waals surface area (Å²) in [6.45, 7) is 0. The van der Waals surface area contributed by atoms with Crippen molar-refractivity contribution in [3.05, 3.63) is 45.1 Å². The molecule has 0 fully saturated rings. The van der Waals surface area contributed by atoms with Crippen molar-refractivity contribution in [1.29, 1.82) is 0 Å². The minimum Gasteiger partial charge on any atom is -0.337 e. The average Bonchev–Trinajstić information content (AvgIpc) is 3.00. The van der Waals surface area contributed by atoms with Crippen LogP contribution in [0, 0.1) is 10.7 Å². The molecule has 2 heterocycles. The summed E-state index contributed by atoms with van der Waals surface area (Å²) in [7, 11) is 0. The predicted octanol–water partition coefficient (Wildman–Crippen LogP) is 4.17. The molecule has 1 atom stereocenters. The first-order chi connectivity index (χ1) is 8.33. The number of thiophene rings is 1. The summed E-state index contributed by atoms with van der Waals surface area (Å²) in [5, 5.41) is 2.15. The van der Waals surface area contributed by atoms with Gasteiger partial charge in [0.05, 0.1) is 0 Å². The average molecular weight is 262 g/mol. The van der Waals surface area contributed by atoms with Gasteiger partial charge in [0.25, 0.3) is 0 Å². The van der Waals surface area contributed by atoms with Crippen molar-refractivity contribution in [1.82, 2.24) is 9.97 Å². The van der Waals surface area contributed by atoms with Crippen LogP contribution in [-0.4, -0.2) is 9.97 Å². The van der Waals surface area contributed by atoms with Crippen LogP contribution >= 0.6 is 23.6 Å². The zero-order valence-corrected chi connectivity index (χ0v) is 11.0. The van der Waals surface area contributed by atoms with Gasteiger partial charge in [0, 0.05) is 16.8 Å². The molecule has 2 aromatic rings. The van der Waals surface area contributed by atoms with Crippen molar-refractivity contribution in [3.63, 3.8) is 0 Å². The first kappa shape index (κ1) is 11.0. The maximum atomic E-state index is 5.06. The first-order valence-corrected chi connectivity index (χ1v) is 7.12. The van der Waals surface area contributed by atoms with E-state index in [1.165, 1.54) is 29.0 Å². The molecule has 0 radical (unpaired) electrons. The fourth-order valence-electron chi connectivity index (χ4n) is 2.46. The quantitative estimate of drug-likeness (QED) is 0.799. The Labute approximate surface area is 109 Å². The third-order valence-corrected chi connectivity index (χ3v) is 4.38. The highest BCUT2D eigenvalue weighted by atomic mass is 32.1. The van der Waals surface area contributed by atoms with Gasteiger partial charge in [0.1, 0.15) is 0 Å². The summed E-state index contributed by atoms with van der Waals surface area (Å²) in [5.41, 5.74) is 2.73. The highest BCUT2D eigenvalue weighted by Gasteiger charge is 2.21. The lowest BCUT2D eigenvalue weighted by molar-refractivity contribution is 0.636. The number of aromatic amines is 2. The Balaban J connectivity index is 1.80. The fourth-order valence-corrected chi connectivity index (χ4v) is 3.50. The molecule has 0 spiro atoms. The minimum atomic E-state index is 0.634. The molecule has 2 nitrogen and oxygen atoms in total. The molecular formula is C13H14N2S2. The van der Waals surface area contributed by atoms with Crippen LogP contribution in [0.2, 0.25) is 0 Å². The van der Waals surface area contributed by atoms with Crippen LogP contribution in [0.25, 0.3) is 5.57 Å². The Morgan fingerprint density at radius 3 is 3.12 bits per heavy atom. The molecule has 1 unspecified atom stereocenters. The maximum Gasteiger partial charge on any atom is 0.174 e. The van der Waals surface area contributed by atoms with Crippen LogP contribution in [0.15, 0.2) is 29.8 Å². The van der Waals surface area contributed by atoms with Crippen LogP contribution < -0.4 is 0 Å². The Kier molecular flexibility index (Phi) is 2.99. The fraction of sp³-hybridized carbons (Fsp3) is 0.308. The molecule has 0 aliphatic heterocycles. The molecule has 2 aromatic heterocycles. The van der Waals surface area contributed by atoms with Gasteiger partial charge >= 0.3 is 0 Å². The molecule has 0 amide bonds. The van der Waals surface area contributed by atoms with Crippen molar-refractivity contribution in [3.8, 4) is 0 Å². The van der Waals surface area contributed by atoms with E-state index in [-0.39, 0.29) is 0 Å². The lowest BCUT2D eigenvalue weighted by Crippen LogP contribution is -2.02. The lowest BCUT2D eigenvalue weighted by atomic mass is 9.95. The van der Waals surface area contributed by atoms with E-state index >= 15 is 0 Å². The zero-order valence-electron chi connectivity index (χ0n) is 9.40. The van der Waals surface area contributed by atoms with E-state index in [1.54, 1.807) is 0 Å². The van der Waals surface area contributed by atoms with Crippen molar-refractivity contribution in [2.24, 2.45) is 5.92 Å². The maximum absolute atomic E-state index is 5.06. The van der Waals surface area contributed by atoms with Crippen molar-refractivity contribution in [2.45, 2.75) is 19.3 Å². The van der Waals surface area contributed by atoms with Crippen LogP contribution in [0.4, 0.5) is 0 Å². The number of nitrogens with one attached hydrogen (secondary N) is 2. The number of H-pyrrole nitrogens is 2. The Morgan fingerprint density at radius 2 is 2.41 bits per heavy atom. The van der Waals surface area contributed by atoms with E-state index in [1.807, 2.05) is 17.5 Å². The van der Waals surface area contributed by atoms with Crippen molar-refractivity contribution in [2.75, 3.05) is 0 Å². The third-order valence-electron chi connectivity index (χ3n) is 3.24. The summed E-state index contributed by atoms with van der Waals surface area (Å²) in [6, 6.07) is 4.34. The third kappa shape index (κ3) is 2.28. The number of hydrogen-bond donors (Lipinski definition) is 2. The monoisotopic (exact) mass is 262 g/mol. The second kappa shape index (κ2) is 4.63. The normalized spacial score (nSPS) is 19.5. The van der Waals surface area contributed by atoms with Crippen LogP contribution in [0.5, 0.6) is 0 Å². The molecule has 0 aromatic carbocycles. The second-order valence-corrected chi connectivity index (χ2v) is 5.74. The number of allylic oxidation sites excluding steroid dienone is 2. The summed E-state index contributed by atoms with van der Waals surface area (Å²) in [6.07, 6.45) is 7.88. The standard InChI is InChI=1S/C13H14N2S2/c16-13-14-8-10(15-13)7-9-3-1-4-11(9)12-5-2-6-17-12/h2,4-6,8-9H,1,3,7H2,(H2,14,15,16). The molecule has 1 aliphatic rings. The highest BCUT2D eigenvalue weighted by molar-refractivity contribution is 7.71. The first-order valence-electron chi connectivity index (χ1n) is 5.83. The van der Waals surface area contributed by atoms with Gasteiger partial charge in [-0.15, -0.1) is 11.3 Å². The van der Waals surface area contributed by atoms with Gasteiger partial charge in [0.15, 0.2) is 4.77 Å². The van der Waals surface area contributed by atoms with Crippen LogP contribution in [0.3, 0.4) is 0 Å². The van der Waals surface area contributed by atoms with Crippen molar-refractivity contribution < 1.29 is 0 Å². The molecule has 88 valence electrons. The van der Waals surface area contributed by atoms with E-state index in [0.717, 1.165) is 11.2 Å². The summed E-state index contributed by atoms with van der Waals surface area (Å²) >= 11 is 6.89. The second-order valence-electron chi connectivity index (χ2n) is 4.38. The van der Waals surface area contributed by atoms with E-state index in [2.05, 4.69) is 33.6 Å². The molecule has 0 bridgehead atoms. The van der Waals surface area contributed by atoms with Crippen LogP contribution in [0.1, 0.15) is 23.4 Å². The number of hydrogen-bond acceptors (Lipinski definition) is 2. The van der Waals surface area contributed by atoms with E-state index < -0.39 is 0 Å². The van der Waals surface area contributed by atoms with Crippen molar-refractivity contribution >= 4 is 29.1 Å². The van der Waals surface area contributed by atoms with Gasteiger partial charge in [0.2, 0.25) is 0 Å². The molecule has 1 aliphatic carbocycles. The van der Waals surface area contributed by atoms with Gasteiger partial charge in [-0.25, -0.2) is 0 Å². The van der Waals surface area contributed by atoms with E-state index in [9.17, 15) is 0 Å². The summed E-state index contributed by atoms with van der Waals surface area (Å²) < 4.78 is 0.722. The van der Waals surface area contributed by atoms with Crippen LogP contribution in [-0.2, 0) is 6.42 Å². The van der Waals surface area contributed by atoms with Gasteiger partial charge in [-0.05, 0) is 54.4 Å². The summed E-state index contributed by atoms with van der Waals surface area (Å²) in [5.74, 6) is 0.634. The number of imidazole rings is 1. The molecule has 3 rings (SSSR count). The SMILES string of the molecule is S=c1[nH]cc(CC2CCC=C2c2cccs2)[nH]1. The molecule has 0 saturated heterocycles. The van der Waals surface area contributed by atoms with E-state index in [4.69, 9.17) is 12.2 Å². The minimum absolute atomic E-state index is 0.634. The molecule has 0 saturated carbocycles. The Hall–Kier alpha value is -1.13. The molecule has 4 heteroatoms. The molecule has 2 N–H and O–H groups in total. The van der Waals surface area contributed by atoms with Gasteiger partial charge < -0.3 is 9.97 Å². The van der Waals surface area contributed by atoms with Gasteiger partial charge in [-0.3, -0.25) is 0 Å². The van der Waals surface area contributed by atoms with E-state index in [0.29, 0.717) is 5.92 Å². The molecular weight excluding hydrogens is 248 g/mol. The smallest absolute Gasteiger partial charge is 0.174 e. The van der Waals surface area contributed by atoms with Gasteiger partial charge in [-0.2, -0.15) is 0 Å². The Morgan fingerprint density at radius 1 is 1.47 bits per heavy atom. The number of rotatable bonds is 3. The largest absolute Gasteiger partial charge is 0.337 e. The topological polar surface area (TPSA) is 31.6 Å². The lowest BCUT2D eigenvalue weighted by Gasteiger charge is -2.12. The number of aromatic nitrogens is 2. The van der Waals surface area contributed by atoms with Gasteiger partial charge in [-0.1, -0.05) is 12.1 Å². The highest BCUT2D eigenvalue weighted by Crippen LogP contribution is 2.37. The zero-order chi connectivity index (χ0) is 11.7.